The zero-order valence-corrected chi connectivity index (χ0v) is 8.35. The highest BCUT2D eigenvalue weighted by molar-refractivity contribution is 6.02. The summed E-state index contributed by atoms with van der Waals surface area (Å²) >= 11 is 0. The Bertz CT molecular complexity index is 440. The molecule has 1 aliphatic heterocycles. The molecule has 0 saturated heterocycles. The van der Waals surface area contributed by atoms with Gasteiger partial charge < -0.3 is 5.73 Å². The van der Waals surface area contributed by atoms with Crippen LogP contribution in [0.3, 0.4) is 0 Å². The van der Waals surface area contributed by atoms with Gasteiger partial charge in [0, 0.05) is 5.54 Å². The van der Waals surface area contributed by atoms with Crippen molar-refractivity contribution in [3.8, 4) is 0 Å². The molecule has 0 bridgehead atoms. The molecule has 1 aliphatic carbocycles. The van der Waals surface area contributed by atoms with Gasteiger partial charge >= 0.3 is 0 Å². The topological polar surface area (TPSA) is 63.1 Å². The van der Waals surface area contributed by atoms with Crippen LogP contribution in [-0.4, -0.2) is 12.3 Å². The second kappa shape index (κ2) is 2.97. The molecule has 1 heterocycles. The van der Waals surface area contributed by atoms with Crippen LogP contribution in [0, 0.1) is 0 Å². The van der Waals surface area contributed by atoms with Gasteiger partial charge in [0.05, 0.1) is 5.71 Å². The summed E-state index contributed by atoms with van der Waals surface area (Å²) < 4.78 is 0. The van der Waals surface area contributed by atoms with E-state index in [9.17, 15) is 0 Å². The number of hydrogen-bond acceptors (Lipinski definition) is 4. The number of nitrogens with two attached hydrogens (primary N) is 1. The van der Waals surface area contributed by atoms with Gasteiger partial charge in [-0.25, -0.2) is 0 Å². The van der Waals surface area contributed by atoms with Crippen molar-refractivity contribution in [1.29, 1.82) is 0 Å². The van der Waals surface area contributed by atoms with Gasteiger partial charge in [-0.1, -0.05) is 24.3 Å². The molecule has 1 aromatic carbocycles. The van der Waals surface area contributed by atoms with Crippen molar-refractivity contribution in [3.05, 3.63) is 35.4 Å². The first-order valence-electron chi connectivity index (χ1n) is 5.11. The zero-order valence-electron chi connectivity index (χ0n) is 8.35. The normalized spacial score (nSPS) is 21.5. The lowest BCUT2D eigenvalue weighted by Gasteiger charge is -2.09. The summed E-state index contributed by atoms with van der Waals surface area (Å²) in [4.78, 5) is 0. The predicted octanol–water partition coefficient (Wildman–Crippen LogP) is 1.80. The molecule has 1 saturated carbocycles. The molecule has 0 spiro atoms. The maximum absolute atomic E-state index is 6.10. The van der Waals surface area contributed by atoms with Crippen molar-refractivity contribution in [2.24, 2.45) is 21.2 Å². The molecule has 15 heavy (non-hydrogen) atoms. The van der Waals surface area contributed by atoms with E-state index in [2.05, 4.69) is 39.7 Å². The van der Waals surface area contributed by atoms with Crippen molar-refractivity contribution in [3.63, 3.8) is 0 Å². The fourth-order valence-corrected chi connectivity index (χ4v) is 1.78. The Kier molecular flexibility index (Phi) is 1.73. The van der Waals surface area contributed by atoms with E-state index in [0.717, 1.165) is 24.1 Å². The monoisotopic (exact) mass is 200 g/mol. The maximum atomic E-state index is 6.10. The summed E-state index contributed by atoms with van der Waals surface area (Å²) in [6.07, 6.45) is 2.19. The minimum absolute atomic E-state index is 0.0508. The average Bonchev–Trinajstić information content (AvgIpc) is 2.84. The van der Waals surface area contributed by atoms with Gasteiger partial charge in [0.15, 0.2) is 0 Å². The molecule has 2 aliphatic rings. The number of benzene rings is 1. The first-order chi connectivity index (χ1) is 7.28. The Labute approximate surface area is 87.9 Å². The second-order valence-corrected chi connectivity index (χ2v) is 4.17. The summed E-state index contributed by atoms with van der Waals surface area (Å²) in [6.45, 7) is 0.590. The predicted molar refractivity (Wildman–Crippen MR) is 57.8 cm³/mol. The SMILES string of the molecule is NC1(c2ccc(C3=NN=NC3)cc2)CC1. The Balaban J connectivity index is 1.88. The average molecular weight is 200 g/mol. The summed E-state index contributed by atoms with van der Waals surface area (Å²) in [5, 5.41) is 11.4. The fraction of sp³-hybridized carbons (Fsp3) is 0.364. The van der Waals surface area contributed by atoms with Crippen LogP contribution in [0.5, 0.6) is 0 Å². The quantitative estimate of drug-likeness (QED) is 0.777. The molecule has 76 valence electrons. The van der Waals surface area contributed by atoms with Gasteiger partial charge in [0.2, 0.25) is 0 Å². The van der Waals surface area contributed by atoms with Crippen LogP contribution in [0.2, 0.25) is 0 Å². The van der Waals surface area contributed by atoms with Crippen LogP contribution in [0.25, 0.3) is 0 Å². The highest BCUT2D eigenvalue weighted by Crippen LogP contribution is 2.42. The molecule has 2 N–H and O–H groups in total. The largest absolute Gasteiger partial charge is 0.321 e. The highest BCUT2D eigenvalue weighted by Gasteiger charge is 2.39. The minimum atomic E-state index is -0.0508. The van der Waals surface area contributed by atoms with Gasteiger partial charge in [-0.3, -0.25) is 0 Å². The fourth-order valence-electron chi connectivity index (χ4n) is 1.78. The van der Waals surface area contributed by atoms with Gasteiger partial charge in [0.25, 0.3) is 0 Å². The number of hydrogen-bond donors (Lipinski definition) is 1. The van der Waals surface area contributed by atoms with Gasteiger partial charge in [-0.05, 0) is 29.2 Å². The molecule has 1 fully saturated rings. The Morgan fingerprint density at radius 1 is 1.13 bits per heavy atom. The van der Waals surface area contributed by atoms with Gasteiger partial charge in [0.1, 0.15) is 6.54 Å². The van der Waals surface area contributed by atoms with Crippen molar-refractivity contribution < 1.29 is 0 Å². The molecule has 0 unspecified atom stereocenters. The van der Waals surface area contributed by atoms with Crippen LogP contribution in [0.1, 0.15) is 24.0 Å². The molecular weight excluding hydrogens is 188 g/mol. The summed E-state index contributed by atoms with van der Waals surface area (Å²) in [6, 6.07) is 8.28. The minimum Gasteiger partial charge on any atom is -0.321 e. The van der Waals surface area contributed by atoms with E-state index in [1.54, 1.807) is 0 Å². The van der Waals surface area contributed by atoms with Crippen LogP contribution in [0.15, 0.2) is 39.7 Å². The summed E-state index contributed by atoms with van der Waals surface area (Å²) in [7, 11) is 0. The van der Waals surface area contributed by atoms with Crippen LogP contribution < -0.4 is 5.73 Å². The van der Waals surface area contributed by atoms with Crippen molar-refractivity contribution in [2.75, 3.05) is 6.54 Å². The lowest BCUT2D eigenvalue weighted by molar-refractivity contribution is 0.740. The maximum Gasteiger partial charge on any atom is 0.107 e. The first-order valence-corrected chi connectivity index (χ1v) is 5.11. The third kappa shape index (κ3) is 1.47. The van der Waals surface area contributed by atoms with Crippen molar-refractivity contribution in [2.45, 2.75) is 18.4 Å². The third-order valence-electron chi connectivity index (χ3n) is 3.03. The number of nitrogens with zero attached hydrogens (tertiary/aromatic N) is 3. The Hall–Kier alpha value is -1.55. The Morgan fingerprint density at radius 3 is 2.40 bits per heavy atom. The van der Waals surface area contributed by atoms with E-state index in [1.807, 2.05) is 0 Å². The second-order valence-electron chi connectivity index (χ2n) is 4.17. The highest BCUT2D eigenvalue weighted by atomic mass is 15.4. The first kappa shape index (κ1) is 8.73. The Morgan fingerprint density at radius 2 is 1.87 bits per heavy atom. The van der Waals surface area contributed by atoms with E-state index in [1.165, 1.54) is 5.56 Å². The van der Waals surface area contributed by atoms with Crippen molar-refractivity contribution >= 4 is 5.71 Å². The molecule has 0 amide bonds. The molecule has 3 rings (SSSR count). The zero-order chi connectivity index (χ0) is 10.3. The van der Waals surface area contributed by atoms with Crippen molar-refractivity contribution in [1.82, 2.24) is 0 Å². The van der Waals surface area contributed by atoms with Gasteiger partial charge in [-0.15, -0.1) is 5.10 Å². The van der Waals surface area contributed by atoms with Crippen LogP contribution in [0.4, 0.5) is 0 Å². The molecule has 0 aromatic heterocycles. The van der Waals surface area contributed by atoms with E-state index in [4.69, 9.17) is 5.73 Å². The molecule has 4 nitrogen and oxygen atoms in total. The lowest BCUT2D eigenvalue weighted by Crippen LogP contribution is -2.18. The molecule has 1 aromatic rings. The summed E-state index contributed by atoms with van der Waals surface area (Å²) in [5.74, 6) is 0. The molecule has 0 radical (unpaired) electrons. The van der Waals surface area contributed by atoms with Crippen LogP contribution in [-0.2, 0) is 5.54 Å². The molecule has 4 heteroatoms. The standard InChI is InChI=1S/C11H12N4/c12-11(5-6-11)9-3-1-8(2-4-9)10-7-13-15-14-10/h1-4H,5-7,12H2. The third-order valence-corrected chi connectivity index (χ3v) is 3.03. The smallest absolute Gasteiger partial charge is 0.107 e. The number of rotatable bonds is 2. The van der Waals surface area contributed by atoms with E-state index < -0.39 is 0 Å². The molecule has 0 atom stereocenters. The molecular formula is C11H12N4. The van der Waals surface area contributed by atoms with E-state index in [-0.39, 0.29) is 5.54 Å². The summed E-state index contributed by atoms with van der Waals surface area (Å²) in [5.41, 5.74) is 9.30. The van der Waals surface area contributed by atoms with Crippen LogP contribution >= 0.6 is 0 Å². The lowest BCUT2D eigenvalue weighted by atomic mass is 10.0. The van der Waals surface area contributed by atoms with E-state index in [0.29, 0.717) is 6.54 Å². The van der Waals surface area contributed by atoms with E-state index >= 15 is 0 Å². The van der Waals surface area contributed by atoms with Gasteiger partial charge in [-0.2, -0.15) is 5.11 Å².